The summed E-state index contributed by atoms with van der Waals surface area (Å²) in [6.45, 7) is 19.4. The Hall–Kier alpha value is -18.4. The Morgan fingerprint density at radius 3 is 0.735 bits per heavy atom. The van der Waals surface area contributed by atoms with Crippen LogP contribution in [0, 0.1) is 62.3 Å². The lowest BCUT2D eigenvalue weighted by Gasteiger charge is -2.16. The molecule has 0 unspecified atom stereocenters. The molecule has 3 heterocycles. The van der Waals surface area contributed by atoms with Crippen molar-refractivity contribution in [3.63, 3.8) is 0 Å². The van der Waals surface area contributed by atoms with Gasteiger partial charge in [-0.05, 0) is 275 Å². The van der Waals surface area contributed by atoms with E-state index in [0.717, 1.165) is 128 Å². The fraction of sp³-hybridized carbons (Fsp3) is 0.0643. The molecule has 7 nitrogen and oxygen atoms in total. The van der Waals surface area contributed by atoms with Crippen LogP contribution in [0.2, 0.25) is 0 Å². The van der Waals surface area contributed by atoms with Crippen molar-refractivity contribution >= 4 is 0 Å². The zero-order chi connectivity index (χ0) is 100. The van der Waals surface area contributed by atoms with Crippen molar-refractivity contribution in [3.8, 4) is 224 Å². The quantitative estimate of drug-likeness (QED) is 0.0751. The molecule has 3 aromatic heterocycles. The highest BCUT2D eigenvalue weighted by atomic mass is 15.0. The average Bonchev–Trinajstić information content (AvgIpc) is 0.777. The summed E-state index contributed by atoms with van der Waals surface area (Å²) in [6, 6.07) is 175. The van der Waals surface area contributed by atoms with Gasteiger partial charge in [-0.25, -0.2) is 34.9 Å². The summed E-state index contributed by atoms with van der Waals surface area (Å²) in [5, 5.41) is 0. The normalized spacial score (nSPS) is 11.0. The molecule has 0 N–H and O–H groups in total. The molecule has 0 aliphatic heterocycles. The number of hydrogen-bond donors (Lipinski definition) is 0. The molecule has 0 aliphatic rings. The van der Waals surface area contributed by atoms with Crippen molar-refractivity contribution in [2.45, 2.75) is 62.3 Å². The summed E-state index contributed by atoms with van der Waals surface area (Å²) in [6.07, 6.45) is 1.99. The average molecular weight is 1890 g/mol. The van der Waals surface area contributed by atoms with Crippen LogP contribution in [0.5, 0.6) is 0 Å². The highest BCUT2D eigenvalue weighted by Gasteiger charge is 2.23. The van der Waals surface area contributed by atoms with E-state index < -0.39 is 0 Å². The molecule has 7 heteroatoms. The van der Waals surface area contributed by atoms with Crippen molar-refractivity contribution in [1.82, 2.24) is 34.9 Å². The SMILES string of the molecule is Cc1cc(C)cc(-c2cccc(-c3cc(-c4cccc(-c5ccccc5C)c4)cc(-c4nc(-c5ccccc5)nc(-c5ccccc5)n4)c3)c2)c1.Cc1ccc(-c2cccc(-c3cc(-c4cccc(-c5cc(C)cc(C)c5)c4)cc(-c4cc(-c5ccccc5)nc(-c5ccccc5)n4)c3)c2)cc1.Cc1ccc(-c2cccc(-c3ccccc3-c3nc(-c4ccccc4)ncc3-c3cccc(-c4cc(C)cc(C)c4)c3)c2)cc1. The third kappa shape index (κ3) is 22.3. The molecule has 23 rings (SSSR count). The molecule has 0 aliphatic carbocycles. The topological polar surface area (TPSA) is 90.2 Å². The summed E-state index contributed by atoms with van der Waals surface area (Å²) >= 11 is 0. The van der Waals surface area contributed by atoms with Crippen LogP contribution in [0.25, 0.3) is 224 Å². The standard InChI is InChI=1S/C49H38N2.C48H37N3.C43H34N2/c1-33-20-22-36(23-21-33)39-16-10-18-41(27-39)44-29-45(42-19-11-17-40(28-42)43-25-34(2)24-35(3)26-43)31-46(30-44)48-32-47(37-12-6-4-7-13-37)50-49(51-48)38-14-8-5-9-15-38;1-32-24-33(2)26-41(25-32)37-19-12-20-38(27-37)42-29-43(39-21-13-22-40(28-39)45-23-11-10-14-34(45)3)31-44(30-42)48-50-46(35-15-6-4-7-16-35)49-47(51-48)36-17-8-5-9-18-36;1-29-19-21-32(22-20-29)34-13-9-15-36(26-34)39-17-7-8-18-40(39)42-41(28-44-43(45-42)33-11-5-4-6-12-33)37-16-10-14-35(27-37)38-24-30(2)23-31(3)25-38/h4-32H,1-3H3;4-31H,1-3H3;4-28H,1-3H3. The van der Waals surface area contributed by atoms with E-state index in [1.807, 2.05) is 109 Å². The second-order valence-corrected chi connectivity index (χ2v) is 38.4. The Morgan fingerprint density at radius 2 is 0.367 bits per heavy atom. The van der Waals surface area contributed by atoms with Gasteiger partial charge in [-0.3, -0.25) is 0 Å². The number of aryl methyl sites for hydroxylation is 9. The van der Waals surface area contributed by atoms with E-state index in [0.29, 0.717) is 29.1 Å². The molecule has 0 bridgehead atoms. The molecule has 0 saturated heterocycles. The lowest BCUT2D eigenvalue weighted by molar-refractivity contribution is 1.07. The van der Waals surface area contributed by atoms with Crippen molar-refractivity contribution in [3.05, 3.63) is 548 Å². The van der Waals surface area contributed by atoms with Crippen molar-refractivity contribution in [2.75, 3.05) is 0 Å². The van der Waals surface area contributed by atoms with Crippen LogP contribution in [-0.4, -0.2) is 34.9 Å². The van der Waals surface area contributed by atoms with Gasteiger partial charge in [0.1, 0.15) is 0 Å². The van der Waals surface area contributed by atoms with Crippen molar-refractivity contribution in [1.29, 1.82) is 0 Å². The maximum Gasteiger partial charge on any atom is 0.164 e. The van der Waals surface area contributed by atoms with Crippen LogP contribution < -0.4 is 0 Å². The highest BCUT2D eigenvalue weighted by molar-refractivity contribution is 5.94. The largest absolute Gasteiger partial charge is 0.236 e. The summed E-state index contributed by atoms with van der Waals surface area (Å²) in [5.74, 6) is 3.33. The predicted octanol–water partition coefficient (Wildman–Crippen LogP) is 36.9. The Balaban J connectivity index is 0.000000130. The number of rotatable bonds is 20. The molecule has 147 heavy (non-hydrogen) atoms. The smallest absolute Gasteiger partial charge is 0.164 e. The van der Waals surface area contributed by atoms with Crippen LogP contribution in [0.3, 0.4) is 0 Å². The van der Waals surface area contributed by atoms with E-state index >= 15 is 0 Å². The van der Waals surface area contributed by atoms with E-state index in [1.54, 1.807) is 0 Å². The van der Waals surface area contributed by atoms with Crippen LogP contribution in [0.15, 0.2) is 498 Å². The summed E-state index contributed by atoms with van der Waals surface area (Å²) in [4.78, 5) is 35.6. The van der Waals surface area contributed by atoms with Crippen LogP contribution in [0.1, 0.15) is 50.1 Å². The van der Waals surface area contributed by atoms with Gasteiger partial charge in [0.2, 0.25) is 0 Å². The minimum Gasteiger partial charge on any atom is -0.236 e. The minimum atomic E-state index is 0.631. The Morgan fingerprint density at radius 1 is 0.122 bits per heavy atom. The summed E-state index contributed by atoms with van der Waals surface area (Å²) < 4.78 is 0. The second-order valence-electron chi connectivity index (χ2n) is 38.4. The number of nitrogens with zero attached hydrogens (tertiary/aromatic N) is 7. The van der Waals surface area contributed by atoms with Gasteiger partial charge in [-0.2, -0.15) is 0 Å². The fourth-order valence-electron chi connectivity index (χ4n) is 19.7. The number of aromatic nitrogens is 7. The third-order valence-corrected chi connectivity index (χ3v) is 27.0. The number of benzene rings is 20. The van der Waals surface area contributed by atoms with Gasteiger partial charge < -0.3 is 0 Å². The van der Waals surface area contributed by atoms with Crippen LogP contribution >= 0.6 is 0 Å². The predicted molar refractivity (Wildman–Crippen MR) is 615 cm³/mol. The van der Waals surface area contributed by atoms with E-state index in [4.69, 9.17) is 34.9 Å². The molecule has 23 aromatic rings. The maximum atomic E-state index is 5.29. The molecule has 704 valence electrons. The fourth-order valence-corrected chi connectivity index (χ4v) is 19.7. The van der Waals surface area contributed by atoms with Gasteiger partial charge >= 0.3 is 0 Å². The summed E-state index contributed by atoms with van der Waals surface area (Å²) in [5.41, 5.74) is 49.8. The minimum absolute atomic E-state index is 0.631. The molecular formula is C140H109N7. The van der Waals surface area contributed by atoms with Gasteiger partial charge in [-0.1, -0.05) is 457 Å². The molecule has 0 radical (unpaired) electrons. The van der Waals surface area contributed by atoms with Crippen LogP contribution in [-0.2, 0) is 0 Å². The van der Waals surface area contributed by atoms with E-state index in [2.05, 4.69) is 451 Å². The first kappa shape index (κ1) is 94.8. The van der Waals surface area contributed by atoms with Gasteiger partial charge in [0.15, 0.2) is 29.1 Å². The first-order valence-corrected chi connectivity index (χ1v) is 50.2. The first-order chi connectivity index (χ1) is 71.9. The molecular weight excluding hydrogens is 1780 g/mol. The lowest BCUT2D eigenvalue weighted by Crippen LogP contribution is -2.00. The monoisotopic (exact) mass is 1890 g/mol. The zero-order valence-electron chi connectivity index (χ0n) is 84.0. The van der Waals surface area contributed by atoms with Crippen molar-refractivity contribution < 1.29 is 0 Å². The second kappa shape index (κ2) is 43.2. The van der Waals surface area contributed by atoms with Gasteiger partial charge in [-0.15, -0.1) is 0 Å². The molecule has 0 saturated carbocycles. The van der Waals surface area contributed by atoms with E-state index in [-0.39, 0.29) is 0 Å². The Bertz CT molecular complexity index is 8540. The molecule has 0 amide bonds. The van der Waals surface area contributed by atoms with Gasteiger partial charge in [0, 0.05) is 56.3 Å². The molecule has 0 spiro atoms. The summed E-state index contributed by atoms with van der Waals surface area (Å²) in [7, 11) is 0. The highest BCUT2D eigenvalue weighted by Crippen LogP contribution is 2.45. The third-order valence-electron chi connectivity index (χ3n) is 27.0. The molecule has 0 fully saturated rings. The number of hydrogen-bond acceptors (Lipinski definition) is 7. The Kier molecular flexibility index (Phi) is 27.8. The molecule has 20 aromatic carbocycles. The Labute approximate surface area is 863 Å². The van der Waals surface area contributed by atoms with E-state index in [9.17, 15) is 0 Å². The van der Waals surface area contributed by atoms with Crippen molar-refractivity contribution in [2.24, 2.45) is 0 Å². The lowest BCUT2D eigenvalue weighted by atomic mass is 9.91. The zero-order valence-corrected chi connectivity index (χ0v) is 84.0. The first-order valence-electron chi connectivity index (χ1n) is 50.2. The molecule has 0 atom stereocenters. The van der Waals surface area contributed by atoms with Gasteiger partial charge in [0.05, 0.1) is 17.1 Å². The maximum absolute atomic E-state index is 5.29. The van der Waals surface area contributed by atoms with Crippen LogP contribution in [0.4, 0.5) is 0 Å². The van der Waals surface area contributed by atoms with E-state index in [1.165, 1.54) is 117 Å². The van der Waals surface area contributed by atoms with Gasteiger partial charge in [0.25, 0.3) is 0 Å².